The van der Waals surface area contributed by atoms with Crippen molar-refractivity contribution in [3.05, 3.63) is 23.8 Å². The summed E-state index contributed by atoms with van der Waals surface area (Å²) in [4.78, 5) is 14.2. The van der Waals surface area contributed by atoms with Crippen LogP contribution >= 0.6 is 0 Å². The fraction of sp³-hybridized carbons (Fsp3) is 0.462. The first-order valence-electron chi connectivity index (χ1n) is 6.08. The van der Waals surface area contributed by atoms with Gasteiger partial charge in [0.25, 0.3) is 5.91 Å². The van der Waals surface area contributed by atoms with Crippen molar-refractivity contribution in [2.45, 2.75) is 13.0 Å². The van der Waals surface area contributed by atoms with Gasteiger partial charge in [-0.1, -0.05) is 0 Å². The molecule has 5 nitrogen and oxygen atoms in total. The molecule has 0 aromatic heterocycles. The minimum atomic E-state index is 0.0293. The molecule has 1 heterocycles. The first-order valence-corrected chi connectivity index (χ1v) is 6.08. The van der Waals surface area contributed by atoms with Crippen LogP contribution in [0.1, 0.15) is 17.3 Å². The van der Waals surface area contributed by atoms with E-state index in [-0.39, 0.29) is 5.91 Å². The van der Waals surface area contributed by atoms with Gasteiger partial charge in [-0.3, -0.25) is 4.79 Å². The first-order chi connectivity index (χ1) is 8.61. The highest BCUT2D eigenvalue weighted by molar-refractivity contribution is 5.95. The van der Waals surface area contributed by atoms with E-state index in [1.54, 1.807) is 25.3 Å². The number of nitrogens with zero attached hydrogens (tertiary/aromatic N) is 1. The maximum atomic E-state index is 12.3. The normalized spacial score (nSPS) is 19.7. The molecule has 1 amide bonds. The van der Waals surface area contributed by atoms with E-state index in [2.05, 4.69) is 12.2 Å². The second-order valence-electron chi connectivity index (χ2n) is 4.56. The number of carbonyl (C=O) groups excluding carboxylic acids is 1. The van der Waals surface area contributed by atoms with Gasteiger partial charge in [-0.25, -0.2) is 0 Å². The van der Waals surface area contributed by atoms with Gasteiger partial charge in [0, 0.05) is 31.2 Å². The van der Waals surface area contributed by atoms with Crippen LogP contribution in [-0.2, 0) is 0 Å². The van der Waals surface area contributed by atoms with E-state index in [4.69, 9.17) is 10.5 Å². The zero-order chi connectivity index (χ0) is 13.1. The molecule has 1 unspecified atom stereocenters. The van der Waals surface area contributed by atoms with Crippen molar-refractivity contribution in [2.24, 2.45) is 0 Å². The van der Waals surface area contributed by atoms with Crippen molar-refractivity contribution in [3.8, 4) is 5.75 Å². The highest BCUT2D eigenvalue weighted by Gasteiger charge is 2.22. The predicted molar refractivity (Wildman–Crippen MR) is 70.8 cm³/mol. The number of nitrogen functional groups attached to an aromatic ring is 1. The Hall–Kier alpha value is -1.75. The quantitative estimate of drug-likeness (QED) is 0.758. The number of hydrogen-bond acceptors (Lipinski definition) is 4. The van der Waals surface area contributed by atoms with Gasteiger partial charge in [-0.2, -0.15) is 0 Å². The number of amides is 1. The summed E-state index contributed by atoms with van der Waals surface area (Å²) < 4.78 is 5.14. The van der Waals surface area contributed by atoms with Crippen LogP contribution in [0.15, 0.2) is 18.2 Å². The molecule has 98 valence electrons. The lowest BCUT2D eigenvalue weighted by atomic mass is 10.1. The second kappa shape index (κ2) is 5.27. The number of hydrogen-bond donors (Lipinski definition) is 2. The molecule has 1 aliphatic heterocycles. The van der Waals surface area contributed by atoms with Gasteiger partial charge in [0.1, 0.15) is 5.75 Å². The van der Waals surface area contributed by atoms with Crippen LogP contribution in [0.2, 0.25) is 0 Å². The molecule has 1 aromatic rings. The van der Waals surface area contributed by atoms with Gasteiger partial charge in [0.15, 0.2) is 0 Å². The molecule has 0 bridgehead atoms. The Labute approximate surface area is 107 Å². The number of anilines is 1. The van der Waals surface area contributed by atoms with Crippen molar-refractivity contribution in [3.63, 3.8) is 0 Å². The fourth-order valence-corrected chi connectivity index (χ4v) is 2.14. The average molecular weight is 249 g/mol. The van der Waals surface area contributed by atoms with Crippen LogP contribution in [-0.4, -0.2) is 43.6 Å². The molecule has 0 aliphatic carbocycles. The molecule has 1 atom stereocenters. The largest absolute Gasteiger partial charge is 0.495 e. The number of piperazine rings is 1. The Morgan fingerprint density at radius 1 is 1.56 bits per heavy atom. The Morgan fingerprint density at radius 2 is 2.33 bits per heavy atom. The van der Waals surface area contributed by atoms with E-state index < -0.39 is 0 Å². The molecular formula is C13H19N3O2. The van der Waals surface area contributed by atoms with Gasteiger partial charge in [0.2, 0.25) is 0 Å². The van der Waals surface area contributed by atoms with Gasteiger partial charge < -0.3 is 20.7 Å². The van der Waals surface area contributed by atoms with E-state index in [1.165, 1.54) is 0 Å². The van der Waals surface area contributed by atoms with E-state index in [1.807, 2.05) is 4.90 Å². The summed E-state index contributed by atoms with van der Waals surface area (Å²) in [5, 5.41) is 3.31. The summed E-state index contributed by atoms with van der Waals surface area (Å²) in [7, 11) is 1.55. The topological polar surface area (TPSA) is 67.6 Å². The number of methoxy groups -OCH3 is 1. The molecule has 0 saturated carbocycles. The van der Waals surface area contributed by atoms with Gasteiger partial charge in [-0.05, 0) is 25.1 Å². The van der Waals surface area contributed by atoms with E-state index in [0.29, 0.717) is 23.0 Å². The summed E-state index contributed by atoms with van der Waals surface area (Å²) >= 11 is 0. The highest BCUT2D eigenvalue weighted by Crippen LogP contribution is 2.23. The Balaban J connectivity index is 2.17. The van der Waals surface area contributed by atoms with Crippen molar-refractivity contribution in [2.75, 3.05) is 32.5 Å². The molecular weight excluding hydrogens is 230 g/mol. The molecule has 5 heteroatoms. The molecule has 1 fully saturated rings. The number of ether oxygens (including phenoxy) is 1. The minimum absolute atomic E-state index is 0.0293. The third-order valence-corrected chi connectivity index (χ3v) is 3.14. The molecule has 3 N–H and O–H groups in total. The smallest absolute Gasteiger partial charge is 0.254 e. The van der Waals surface area contributed by atoms with Crippen LogP contribution in [0.25, 0.3) is 0 Å². The molecule has 0 spiro atoms. The predicted octanol–water partition coefficient (Wildman–Crippen LogP) is 0.711. The third-order valence-electron chi connectivity index (χ3n) is 3.14. The molecule has 2 rings (SSSR count). The van der Waals surface area contributed by atoms with Crippen molar-refractivity contribution in [1.29, 1.82) is 0 Å². The summed E-state index contributed by atoms with van der Waals surface area (Å²) in [6.07, 6.45) is 0. The standard InChI is InChI=1S/C13H19N3O2/c1-9-8-16(6-5-15-9)13(17)10-3-4-11(14)12(7-10)18-2/h3-4,7,9,15H,5-6,8,14H2,1-2H3. The number of carbonyl (C=O) groups is 1. The molecule has 1 aromatic carbocycles. The Morgan fingerprint density at radius 3 is 3.00 bits per heavy atom. The van der Waals surface area contributed by atoms with Gasteiger partial charge in [0.05, 0.1) is 12.8 Å². The number of benzene rings is 1. The zero-order valence-corrected chi connectivity index (χ0v) is 10.8. The fourth-order valence-electron chi connectivity index (χ4n) is 2.14. The maximum absolute atomic E-state index is 12.3. The molecule has 1 saturated heterocycles. The van der Waals surface area contributed by atoms with Crippen LogP contribution in [0, 0.1) is 0 Å². The Bertz CT molecular complexity index is 448. The minimum Gasteiger partial charge on any atom is -0.495 e. The van der Waals surface area contributed by atoms with E-state index in [9.17, 15) is 4.79 Å². The molecule has 0 radical (unpaired) electrons. The third kappa shape index (κ3) is 2.56. The SMILES string of the molecule is COc1cc(C(=O)N2CCNC(C)C2)ccc1N. The lowest BCUT2D eigenvalue weighted by Crippen LogP contribution is -2.51. The highest BCUT2D eigenvalue weighted by atomic mass is 16.5. The maximum Gasteiger partial charge on any atom is 0.254 e. The summed E-state index contributed by atoms with van der Waals surface area (Å²) in [5.41, 5.74) is 6.91. The first kappa shape index (κ1) is 12.7. The van der Waals surface area contributed by atoms with Gasteiger partial charge in [-0.15, -0.1) is 0 Å². The zero-order valence-electron chi connectivity index (χ0n) is 10.8. The summed E-state index contributed by atoms with van der Waals surface area (Å²) in [5.74, 6) is 0.575. The summed E-state index contributed by atoms with van der Waals surface area (Å²) in [6, 6.07) is 5.48. The number of nitrogens with two attached hydrogens (primary N) is 1. The van der Waals surface area contributed by atoms with Crippen LogP contribution in [0.4, 0.5) is 5.69 Å². The molecule has 18 heavy (non-hydrogen) atoms. The Kier molecular flexibility index (Phi) is 3.72. The summed E-state index contributed by atoms with van der Waals surface area (Å²) in [6.45, 7) is 4.36. The second-order valence-corrected chi connectivity index (χ2v) is 4.56. The van der Waals surface area contributed by atoms with E-state index in [0.717, 1.165) is 19.6 Å². The van der Waals surface area contributed by atoms with Gasteiger partial charge >= 0.3 is 0 Å². The molecule has 1 aliphatic rings. The van der Waals surface area contributed by atoms with Crippen molar-refractivity contribution in [1.82, 2.24) is 10.2 Å². The van der Waals surface area contributed by atoms with Crippen LogP contribution < -0.4 is 15.8 Å². The lowest BCUT2D eigenvalue weighted by Gasteiger charge is -2.32. The lowest BCUT2D eigenvalue weighted by molar-refractivity contribution is 0.0709. The average Bonchev–Trinajstić information content (AvgIpc) is 2.38. The van der Waals surface area contributed by atoms with E-state index >= 15 is 0 Å². The van der Waals surface area contributed by atoms with Crippen LogP contribution in [0.5, 0.6) is 5.75 Å². The van der Waals surface area contributed by atoms with Crippen LogP contribution in [0.3, 0.4) is 0 Å². The monoisotopic (exact) mass is 249 g/mol. The number of rotatable bonds is 2. The van der Waals surface area contributed by atoms with Crippen molar-refractivity contribution < 1.29 is 9.53 Å². The van der Waals surface area contributed by atoms with Crippen molar-refractivity contribution >= 4 is 11.6 Å². The number of nitrogens with one attached hydrogen (secondary N) is 1.